The molecule has 0 aromatic carbocycles. The van der Waals surface area contributed by atoms with Gasteiger partial charge in [0, 0.05) is 0 Å². The van der Waals surface area contributed by atoms with Crippen LogP contribution in [0.1, 0.15) is 0 Å². The highest BCUT2D eigenvalue weighted by atomic mass is 29.9. The van der Waals surface area contributed by atoms with Crippen LogP contribution in [-0.2, 0) is 17.8 Å². The summed E-state index contributed by atoms with van der Waals surface area (Å²) >= 11 is 0. The minimum Gasteiger partial charge on any atom is -0.389 e. The summed E-state index contributed by atoms with van der Waals surface area (Å²) in [6.07, 6.45) is 0. The zero-order valence-corrected chi connectivity index (χ0v) is 12.1. The van der Waals surface area contributed by atoms with Crippen LogP contribution in [0, 0.1) is 0 Å². The van der Waals surface area contributed by atoms with Gasteiger partial charge in [-0.1, -0.05) is 13.1 Å². The van der Waals surface area contributed by atoms with Crippen LogP contribution in [-0.4, -0.2) is 39.7 Å². The molecule has 0 unspecified atom stereocenters. The molecule has 12 heavy (non-hydrogen) atoms. The first-order valence-corrected chi connectivity index (χ1v) is 15.9. The normalized spacial score (nSPS) is 9.67. The van der Waals surface area contributed by atoms with Crippen molar-refractivity contribution in [2.24, 2.45) is 0 Å². The van der Waals surface area contributed by atoms with Gasteiger partial charge in [0.15, 0.2) is 0 Å². The molecule has 0 heterocycles. The van der Waals surface area contributed by atoms with Crippen LogP contribution in [0.5, 0.6) is 0 Å². The van der Waals surface area contributed by atoms with Gasteiger partial charge in [-0.2, -0.15) is 0 Å². The van der Waals surface area contributed by atoms with Gasteiger partial charge < -0.3 is 17.8 Å². The van der Waals surface area contributed by atoms with Crippen molar-refractivity contribution in [1.82, 2.24) is 0 Å². The molecule has 0 saturated carbocycles. The molecule has 0 bridgehead atoms. The third-order valence-corrected chi connectivity index (χ3v) is 31.0. The zero-order valence-electron chi connectivity index (χ0n) is 7.13. The summed E-state index contributed by atoms with van der Waals surface area (Å²) in [5.74, 6) is 0. The fourth-order valence-electron chi connectivity index (χ4n) is 0.490. The van der Waals surface area contributed by atoms with Crippen molar-refractivity contribution in [1.29, 1.82) is 0 Å². The van der Waals surface area contributed by atoms with Gasteiger partial charge in [-0.05, 0) is 6.55 Å². The quantitative estimate of drug-likeness (QED) is 0.622. The Labute approximate surface area is 77.4 Å². The van der Waals surface area contributed by atoms with E-state index in [1.165, 1.54) is 6.55 Å². The van der Waals surface area contributed by atoms with Gasteiger partial charge in [0.2, 0.25) is 0 Å². The molecule has 0 aliphatic heterocycles. The van der Waals surface area contributed by atoms with Gasteiger partial charge in [-0.3, -0.25) is 0 Å². The molecule has 0 atom stereocenters. The topological polar surface area (TPSA) is 68.3 Å². The monoisotopic (exact) mass is 249 g/mol. The Hall–Kier alpha value is 0.284. The van der Waals surface area contributed by atoms with Crippen LogP contribution >= 0.6 is 0 Å². The summed E-state index contributed by atoms with van der Waals surface area (Å²) in [6, 6.07) is 0. The van der Waals surface area contributed by atoms with Crippen molar-refractivity contribution < 1.29 is 17.8 Å². The summed E-state index contributed by atoms with van der Waals surface area (Å²) < 4.78 is 44.3. The van der Waals surface area contributed by atoms with Gasteiger partial charge in [0.05, 0.1) is 0 Å². The first-order chi connectivity index (χ1) is 5.37. The van der Waals surface area contributed by atoms with Crippen LogP contribution in [0.25, 0.3) is 0 Å². The minimum atomic E-state index is -2.53. The van der Waals surface area contributed by atoms with Crippen molar-refractivity contribution in [3.63, 3.8) is 0 Å². The molecule has 0 aliphatic carbocycles. The van der Waals surface area contributed by atoms with E-state index < -0.39 is 39.7 Å². The average molecular weight is 250 g/mol. The first kappa shape index (κ1) is 12.3. The lowest BCUT2D eigenvalue weighted by Crippen LogP contribution is -2.42. The van der Waals surface area contributed by atoms with Gasteiger partial charge in [-0.15, -0.1) is 0 Å². The third-order valence-electron chi connectivity index (χ3n) is 1.19. The molecule has 0 aromatic heterocycles. The van der Waals surface area contributed by atoms with E-state index in [-0.39, 0.29) is 0 Å². The lowest BCUT2D eigenvalue weighted by molar-refractivity contribution is 0.542. The summed E-state index contributed by atoms with van der Waals surface area (Å²) in [5.41, 5.74) is 0. The SMILES string of the molecule is C[Si](C)[Si](=O)[Si](=O)[Si](=O)[Si](C)=O. The third kappa shape index (κ3) is 3.34. The van der Waals surface area contributed by atoms with E-state index in [0.29, 0.717) is 0 Å². The van der Waals surface area contributed by atoms with E-state index in [0.717, 1.165) is 0 Å². The van der Waals surface area contributed by atoms with Crippen molar-refractivity contribution in [3.05, 3.63) is 0 Å². The van der Waals surface area contributed by atoms with Crippen LogP contribution in [0.4, 0.5) is 0 Å². The highest BCUT2D eigenvalue weighted by molar-refractivity contribution is 7.61. The Balaban J connectivity index is 4.52. The maximum absolute atomic E-state index is 11.3. The molecule has 0 aromatic rings. The summed E-state index contributed by atoms with van der Waals surface area (Å²) in [4.78, 5) is 0. The summed E-state index contributed by atoms with van der Waals surface area (Å²) in [5, 5.41) is 0. The fourth-order valence-corrected chi connectivity index (χ4v) is 34.2. The van der Waals surface area contributed by atoms with Crippen LogP contribution < -0.4 is 0 Å². The minimum absolute atomic E-state index is 1.11. The summed E-state index contributed by atoms with van der Waals surface area (Å²) in [7, 11) is -10.5. The van der Waals surface area contributed by atoms with E-state index in [9.17, 15) is 17.8 Å². The molecule has 1 radical (unpaired) electrons. The molecular formula is C3H9O4Si5. The second-order valence-corrected chi connectivity index (χ2v) is 25.4. The van der Waals surface area contributed by atoms with Crippen LogP contribution in [0.15, 0.2) is 0 Å². The van der Waals surface area contributed by atoms with Crippen molar-refractivity contribution >= 4 is 39.7 Å². The average Bonchev–Trinajstić information content (AvgIpc) is 2.00. The molecule has 0 spiro atoms. The first-order valence-electron chi connectivity index (χ1n) is 3.32. The van der Waals surface area contributed by atoms with Crippen LogP contribution in [0.3, 0.4) is 0 Å². The lowest BCUT2D eigenvalue weighted by Gasteiger charge is -1.92. The van der Waals surface area contributed by atoms with E-state index in [4.69, 9.17) is 0 Å². The highest BCUT2D eigenvalue weighted by Crippen LogP contribution is 1.83. The molecule has 0 N–H and O–H groups in total. The molecule has 0 aliphatic rings. The van der Waals surface area contributed by atoms with Crippen molar-refractivity contribution in [2.75, 3.05) is 0 Å². The van der Waals surface area contributed by atoms with E-state index >= 15 is 0 Å². The second kappa shape index (κ2) is 5.11. The standard InChI is InChI=1S/C3H9O4Si5/c1-8(2)10(5)12(7)11(6)9(3)4/h1-3H3. The smallest absolute Gasteiger partial charge is 0.376 e. The lowest BCUT2D eigenvalue weighted by atomic mass is 11.9. The Bertz CT molecular complexity index is 257. The summed E-state index contributed by atoms with van der Waals surface area (Å²) in [6.45, 7) is 4.87. The second-order valence-electron chi connectivity index (χ2n) is 2.54. The predicted octanol–water partition coefficient (Wildman–Crippen LogP) is -0.628. The Morgan fingerprint density at radius 2 is 1.08 bits per heavy atom. The maximum Gasteiger partial charge on any atom is 0.376 e. The Morgan fingerprint density at radius 3 is 1.33 bits per heavy atom. The van der Waals surface area contributed by atoms with Crippen LogP contribution in [0.2, 0.25) is 19.6 Å². The van der Waals surface area contributed by atoms with Gasteiger partial charge >= 0.3 is 31.4 Å². The van der Waals surface area contributed by atoms with E-state index in [1.54, 1.807) is 13.1 Å². The van der Waals surface area contributed by atoms with Gasteiger partial charge in [0.25, 0.3) is 0 Å². The zero-order chi connectivity index (χ0) is 9.89. The molecule has 0 saturated heterocycles. The molecule has 0 rings (SSSR count). The van der Waals surface area contributed by atoms with Crippen molar-refractivity contribution in [3.8, 4) is 0 Å². The van der Waals surface area contributed by atoms with Gasteiger partial charge in [0.1, 0.15) is 8.31 Å². The molecule has 65 valence electrons. The molecule has 9 heteroatoms. The number of hydrogen-bond acceptors (Lipinski definition) is 4. The molecule has 0 fully saturated rings. The molecule has 4 nitrogen and oxygen atoms in total. The van der Waals surface area contributed by atoms with Gasteiger partial charge in [-0.25, -0.2) is 0 Å². The highest BCUT2D eigenvalue weighted by Gasteiger charge is 2.35. The Morgan fingerprint density at radius 1 is 0.667 bits per heavy atom. The fraction of sp³-hybridized carbons (Fsp3) is 1.00. The molecule has 0 amide bonds. The van der Waals surface area contributed by atoms with Crippen molar-refractivity contribution in [2.45, 2.75) is 19.6 Å². The van der Waals surface area contributed by atoms with E-state index in [1.807, 2.05) is 0 Å². The maximum atomic E-state index is 11.3. The Kier molecular flexibility index (Phi) is 5.23. The number of rotatable bonds is 4. The predicted molar refractivity (Wildman–Crippen MR) is 49.1 cm³/mol. The largest absolute Gasteiger partial charge is 0.389 e. The molecular weight excluding hydrogens is 240 g/mol. The number of hydrogen-bond donors (Lipinski definition) is 0. The van der Waals surface area contributed by atoms with E-state index in [2.05, 4.69) is 0 Å².